The number of rotatable bonds is 8. The average molecular weight is 485 g/mol. The molecule has 0 saturated carbocycles. The van der Waals surface area contributed by atoms with Crippen LogP contribution in [0.25, 0.3) is 0 Å². The Morgan fingerprint density at radius 3 is 2.14 bits per heavy atom. The van der Waals surface area contributed by atoms with Crippen LogP contribution < -0.4 is 20.7 Å². The number of amides is 3. The Bertz CT molecular complexity index is 1350. The van der Waals surface area contributed by atoms with Crippen molar-refractivity contribution in [1.29, 1.82) is 0 Å². The molecule has 10 nitrogen and oxygen atoms in total. The maximum Gasteiger partial charge on any atom is 0.257 e. The molecule has 0 aliphatic rings. The first-order chi connectivity index (χ1) is 17.4. The lowest BCUT2D eigenvalue weighted by Gasteiger charge is -2.13. The zero-order valence-electron chi connectivity index (χ0n) is 19.6. The molecule has 0 bridgehead atoms. The number of benzene rings is 3. The van der Waals surface area contributed by atoms with E-state index in [1.54, 1.807) is 86.8 Å². The Morgan fingerprint density at radius 2 is 1.50 bits per heavy atom. The van der Waals surface area contributed by atoms with Crippen molar-refractivity contribution in [3.63, 3.8) is 0 Å². The molecule has 3 amide bonds. The topological polar surface area (TPSA) is 127 Å². The van der Waals surface area contributed by atoms with Crippen LogP contribution in [-0.4, -0.2) is 39.6 Å². The molecule has 0 fully saturated rings. The molecule has 3 N–H and O–H groups in total. The van der Waals surface area contributed by atoms with E-state index in [-0.39, 0.29) is 11.8 Å². The van der Waals surface area contributed by atoms with Crippen molar-refractivity contribution in [3.8, 4) is 5.75 Å². The SMILES string of the molecule is COc1ccc(C(=O)Nc2ccccc2C(=O)Nc2ccc(NC(=O)C(C)n3cncn3)cc2)cc1. The fraction of sp³-hybridized carbons (Fsp3) is 0.115. The van der Waals surface area contributed by atoms with Crippen LogP contribution in [0.15, 0.2) is 85.5 Å². The monoisotopic (exact) mass is 484 g/mol. The number of methoxy groups -OCH3 is 1. The van der Waals surface area contributed by atoms with Gasteiger partial charge in [0.25, 0.3) is 11.8 Å². The van der Waals surface area contributed by atoms with Crippen LogP contribution in [0.1, 0.15) is 33.7 Å². The summed E-state index contributed by atoms with van der Waals surface area (Å²) >= 11 is 0. The van der Waals surface area contributed by atoms with Crippen molar-refractivity contribution in [1.82, 2.24) is 14.8 Å². The third-order valence-corrected chi connectivity index (χ3v) is 5.40. The number of nitrogens with zero attached hydrogens (tertiary/aromatic N) is 3. The molecule has 10 heteroatoms. The van der Waals surface area contributed by atoms with Gasteiger partial charge in [0, 0.05) is 16.9 Å². The molecule has 0 saturated heterocycles. The van der Waals surface area contributed by atoms with E-state index in [1.165, 1.54) is 17.3 Å². The summed E-state index contributed by atoms with van der Waals surface area (Å²) in [6, 6.07) is 19.6. The molecule has 0 aliphatic heterocycles. The molecule has 0 spiro atoms. The molecule has 0 aliphatic carbocycles. The highest BCUT2D eigenvalue weighted by Crippen LogP contribution is 2.21. The van der Waals surface area contributed by atoms with E-state index in [2.05, 4.69) is 26.0 Å². The van der Waals surface area contributed by atoms with Gasteiger partial charge in [-0.1, -0.05) is 12.1 Å². The number of carbonyl (C=O) groups is 3. The van der Waals surface area contributed by atoms with Gasteiger partial charge in [-0.05, 0) is 67.6 Å². The van der Waals surface area contributed by atoms with Crippen molar-refractivity contribution in [3.05, 3.63) is 96.6 Å². The fourth-order valence-electron chi connectivity index (χ4n) is 3.35. The van der Waals surface area contributed by atoms with Crippen LogP contribution in [0, 0.1) is 0 Å². The Kier molecular flexibility index (Phi) is 7.35. The van der Waals surface area contributed by atoms with Crippen molar-refractivity contribution in [2.45, 2.75) is 13.0 Å². The van der Waals surface area contributed by atoms with Gasteiger partial charge >= 0.3 is 0 Å². The fourth-order valence-corrected chi connectivity index (χ4v) is 3.35. The number of ether oxygens (including phenoxy) is 1. The summed E-state index contributed by atoms with van der Waals surface area (Å²) in [7, 11) is 1.55. The van der Waals surface area contributed by atoms with Gasteiger partial charge in [0.2, 0.25) is 5.91 Å². The molecule has 4 aromatic rings. The molecular formula is C26H24N6O4. The van der Waals surface area contributed by atoms with E-state index >= 15 is 0 Å². The molecule has 1 heterocycles. The largest absolute Gasteiger partial charge is 0.497 e. The van der Waals surface area contributed by atoms with Gasteiger partial charge in [0.05, 0.1) is 18.4 Å². The van der Waals surface area contributed by atoms with Gasteiger partial charge in [-0.3, -0.25) is 14.4 Å². The molecule has 0 radical (unpaired) electrons. The highest BCUT2D eigenvalue weighted by atomic mass is 16.5. The molecule has 1 unspecified atom stereocenters. The van der Waals surface area contributed by atoms with Crippen LogP contribution >= 0.6 is 0 Å². The van der Waals surface area contributed by atoms with Gasteiger partial charge in [0.15, 0.2) is 0 Å². The van der Waals surface area contributed by atoms with E-state index < -0.39 is 11.9 Å². The second-order valence-corrected chi connectivity index (χ2v) is 7.80. The zero-order chi connectivity index (χ0) is 25.5. The van der Waals surface area contributed by atoms with Crippen LogP contribution in [0.4, 0.5) is 17.1 Å². The van der Waals surface area contributed by atoms with Crippen LogP contribution in [0.2, 0.25) is 0 Å². The first-order valence-corrected chi connectivity index (χ1v) is 11.1. The van der Waals surface area contributed by atoms with Crippen molar-refractivity contribution in [2.24, 2.45) is 0 Å². The first kappa shape index (κ1) is 24.1. The summed E-state index contributed by atoms with van der Waals surface area (Å²) in [4.78, 5) is 41.9. The Balaban J connectivity index is 1.40. The first-order valence-electron chi connectivity index (χ1n) is 11.1. The Labute approximate surface area is 207 Å². The number of aromatic nitrogens is 3. The van der Waals surface area contributed by atoms with Gasteiger partial charge < -0.3 is 20.7 Å². The highest BCUT2D eigenvalue weighted by molar-refractivity contribution is 6.12. The third-order valence-electron chi connectivity index (χ3n) is 5.40. The maximum absolute atomic E-state index is 13.0. The molecule has 3 aromatic carbocycles. The number of carbonyl (C=O) groups excluding carboxylic acids is 3. The summed E-state index contributed by atoms with van der Waals surface area (Å²) < 4.78 is 6.57. The quantitative estimate of drug-likeness (QED) is 0.347. The molecule has 1 aromatic heterocycles. The van der Waals surface area contributed by atoms with E-state index in [4.69, 9.17) is 4.74 Å². The van der Waals surface area contributed by atoms with Gasteiger partial charge in [-0.15, -0.1) is 0 Å². The van der Waals surface area contributed by atoms with Gasteiger partial charge in [0.1, 0.15) is 24.4 Å². The molecule has 4 rings (SSSR count). The predicted molar refractivity (Wildman–Crippen MR) is 135 cm³/mol. The van der Waals surface area contributed by atoms with E-state index in [1.807, 2.05) is 0 Å². The summed E-state index contributed by atoms with van der Waals surface area (Å²) in [5, 5.41) is 12.4. The van der Waals surface area contributed by atoms with Crippen LogP contribution in [0.3, 0.4) is 0 Å². The van der Waals surface area contributed by atoms with Gasteiger partial charge in [-0.2, -0.15) is 5.10 Å². The number of hydrogen-bond acceptors (Lipinski definition) is 6. The summed E-state index contributed by atoms with van der Waals surface area (Å²) in [5.41, 5.74) is 2.21. The molecule has 182 valence electrons. The molecule has 36 heavy (non-hydrogen) atoms. The Morgan fingerprint density at radius 1 is 0.833 bits per heavy atom. The number of nitrogens with one attached hydrogen (secondary N) is 3. The predicted octanol–water partition coefficient (Wildman–Crippen LogP) is 3.99. The lowest BCUT2D eigenvalue weighted by atomic mass is 10.1. The zero-order valence-corrected chi connectivity index (χ0v) is 19.6. The Hall–Kier alpha value is -4.99. The smallest absolute Gasteiger partial charge is 0.257 e. The van der Waals surface area contributed by atoms with E-state index in [9.17, 15) is 14.4 Å². The normalized spacial score (nSPS) is 11.3. The lowest BCUT2D eigenvalue weighted by Crippen LogP contribution is -2.24. The minimum absolute atomic E-state index is 0.251. The van der Waals surface area contributed by atoms with Crippen LogP contribution in [0.5, 0.6) is 5.75 Å². The van der Waals surface area contributed by atoms with Crippen molar-refractivity contribution < 1.29 is 19.1 Å². The van der Waals surface area contributed by atoms with Gasteiger partial charge in [-0.25, -0.2) is 9.67 Å². The second-order valence-electron chi connectivity index (χ2n) is 7.80. The van der Waals surface area contributed by atoms with E-state index in [0.29, 0.717) is 33.9 Å². The lowest BCUT2D eigenvalue weighted by molar-refractivity contribution is -0.119. The minimum Gasteiger partial charge on any atom is -0.497 e. The van der Waals surface area contributed by atoms with Crippen LogP contribution in [-0.2, 0) is 4.79 Å². The summed E-state index contributed by atoms with van der Waals surface area (Å²) in [6.45, 7) is 1.71. The third kappa shape index (κ3) is 5.73. The number of anilines is 3. The van der Waals surface area contributed by atoms with Crippen molar-refractivity contribution >= 4 is 34.8 Å². The number of para-hydroxylation sites is 1. The summed E-state index contributed by atoms with van der Waals surface area (Å²) in [6.07, 6.45) is 2.84. The summed E-state index contributed by atoms with van der Waals surface area (Å²) in [5.74, 6) is -0.351. The second kappa shape index (κ2) is 11.0. The minimum atomic E-state index is -0.531. The van der Waals surface area contributed by atoms with Crippen molar-refractivity contribution in [2.75, 3.05) is 23.1 Å². The molecule has 1 atom stereocenters. The average Bonchev–Trinajstić information content (AvgIpc) is 3.44. The molecular weight excluding hydrogens is 460 g/mol. The standard InChI is InChI=1S/C26H24N6O4/c1-17(32-16-27-15-28-32)24(33)29-19-9-11-20(12-10-19)30-26(35)22-5-3-4-6-23(22)31-25(34)18-7-13-21(36-2)14-8-18/h3-17H,1-2H3,(H,29,33)(H,30,35)(H,31,34). The number of hydrogen-bond donors (Lipinski definition) is 3. The van der Waals surface area contributed by atoms with E-state index in [0.717, 1.165) is 0 Å². The highest BCUT2D eigenvalue weighted by Gasteiger charge is 2.17. The maximum atomic E-state index is 13.0.